The Balaban J connectivity index is 1.28. The number of carbonyl (C=O) groups excluding carboxylic acids is 1. The number of halogens is 1. The molecule has 0 spiro atoms. The number of methoxy groups -OCH3 is 5. The zero-order valence-corrected chi connectivity index (χ0v) is 29.2. The summed E-state index contributed by atoms with van der Waals surface area (Å²) in [5.74, 6) is 3.86. The van der Waals surface area contributed by atoms with Crippen molar-refractivity contribution in [2.75, 3.05) is 68.8 Å². The zero-order valence-electron chi connectivity index (χ0n) is 27.6. The van der Waals surface area contributed by atoms with Crippen LogP contribution in [0.2, 0.25) is 0 Å². The zero-order chi connectivity index (χ0) is 32.8. The minimum absolute atomic E-state index is 0.106. The van der Waals surface area contributed by atoms with E-state index < -0.39 is 0 Å². The van der Waals surface area contributed by atoms with E-state index in [1.807, 2.05) is 30.3 Å². The second-order valence-electron chi connectivity index (χ2n) is 12.0. The number of ketones is 1. The van der Waals surface area contributed by atoms with E-state index in [-0.39, 0.29) is 11.8 Å². The van der Waals surface area contributed by atoms with E-state index in [0.29, 0.717) is 36.8 Å². The average molecular weight is 695 g/mol. The molecule has 3 aromatic carbocycles. The van der Waals surface area contributed by atoms with E-state index in [0.717, 1.165) is 75.0 Å². The highest BCUT2D eigenvalue weighted by Gasteiger charge is 2.40. The maximum atomic E-state index is 13.2. The summed E-state index contributed by atoms with van der Waals surface area (Å²) < 4.78 is 29.4. The molecule has 0 bridgehead atoms. The summed E-state index contributed by atoms with van der Waals surface area (Å²) in [6.45, 7) is 2.64. The molecule has 10 heteroatoms. The van der Waals surface area contributed by atoms with Crippen molar-refractivity contribution in [1.29, 1.82) is 0 Å². The fourth-order valence-corrected chi connectivity index (χ4v) is 7.18. The summed E-state index contributed by atoms with van der Waals surface area (Å²) in [6.07, 6.45) is 2.90. The minimum Gasteiger partial charge on any atom is -0.651 e. The van der Waals surface area contributed by atoms with Crippen molar-refractivity contribution in [3.8, 4) is 28.7 Å². The van der Waals surface area contributed by atoms with Gasteiger partial charge in [0.05, 0.1) is 68.7 Å². The number of rotatable bonds is 15. The Hall–Kier alpha value is -3.73. The highest BCUT2D eigenvalue weighted by atomic mass is 79.9. The predicted molar refractivity (Wildman–Crippen MR) is 183 cm³/mol. The van der Waals surface area contributed by atoms with E-state index in [9.17, 15) is 4.79 Å². The largest absolute Gasteiger partial charge is 0.651 e. The third-order valence-corrected chi connectivity index (χ3v) is 9.95. The van der Waals surface area contributed by atoms with Crippen LogP contribution in [0.1, 0.15) is 34.7 Å². The van der Waals surface area contributed by atoms with Crippen molar-refractivity contribution in [2.24, 2.45) is 0 Å². The third kappa shape index (κ3) is 7.14. The van der Waals surface area contributed by atoms with Crippen LogP contribution in [0.25, 0.3) is 10.9 Å². The smallest absolute Gasteiger partial charge is 0.161 e. The van der Waals surface area contributed by atoms with Gasteiger partial charge in [0, 0.05) is 18.4 Å². The van der Waals surface area contributed by atoms with Gasteiger partial charge in [0.25, 0.3) is 0 Å². The molecule has 0 fully saturated rings. The molecule has 46 heavy (non-hydrogen) atoms. The number of nitrogens with zero attached hydrogens (tertiary/aromatic N) is 2. The molecule has 1 aromatic heterocycles. The fraction of sp³-hybridized carbons (Fsp3) is 0.417. The molecule has 5 rings (SSSR count). The van der Waals surface area contributed by atoms with Crippen molar-refractivity contribution in [2.45, 2.75) is 31.7 Å². The first-order valence-corrected chi connectivity index (χ1v) is 16.3. The normalized spacial score (nSPS) is 17.4. The van der Waals surface area contributed by atoms with Gasteiger partial charge in [0.2, 0.25) is 0 Å². The molecule has 0 aliphatic carbocycles. The van der Waals surface area contributed by atoms with Gasteiger partial charge < -0.3 is 38.5 Å². The van der Waals surface area contributed by atoms with Crippen molar-refractivity contribution in [3.63, 3.8) is 0 Å². The highest BCUT2D eigenvalue weighted by Crippen LogP contribution is 2.43. The molecule has 4 aromatic rings. The first-order chi connectivity index (χ1) is 22.2. The first kappa shape index (κ1) is 33.6. The van der Waals surface area contributed by atoms with E-state index in [1.165, 1.54) is 11.1 Å². The number of quaternary nitrogens is 1. The lowest BCUT2D eigenvalue weighted by molar-refractivity contribution is -0.940. The van der Waals surface area contributed by atoms with Gasteiger partial charge in [-0.1, -0.05) is 32.7 Å². The molecular formula is C36H44BrN3O6. The van der Waals surface area contributed by atoms with Crippen molar-refractivity contribution in [3.05, 3.63) is 75.4 Å². The first-order valence-electron chi connectivity index (χ1n) is 15.5. The van der Waals surface area contributed by atoms with Gasteiger partial charge >= 0.3 is 0 Å². The Kier molecular flexibility index (Phi) is 10.8. The van der Waals surface area contributed by atoms with Gasteiger partial charge in [0.1, 0.15) is 11.8 Å². The molecule has 0 radical (unpaired) electrons. The van der Waals surface area contributed by atoms with Crippen LogP contribution in [0, 0.1) is 0 Å². The van der Waals surface area contributed by atoms with E-state index in [4.69, 9.17) is 23.7 Å². The van der Waals surface area contributed by atoms with Gasteiger partial charge in [-0.05, 0) is 71.4 Å². The summed E-state index contributed by atoms with van der Waals surface area (Å²) in [7, 11) is 10.6. The summed E-state index contributed by atoms with van der Waals surface area (Å²) in [6, 6.07) is 16.3. The van der Waals surface area contributed by atoms with Crippen LogP contribution >= 0.6 is 15.9 Å². The molecule has 1 aliphatic heterocycles. The second kappa shape index (κ2) is 14.8. The van der Waals surface area contributed by atoms with Crippen molar-refractivity contribution in [1.82, 2.24) is 10.3 Å². The Morgan fingerprint density at radius 1 is 0.913 bits per heavy atom. The molecule has 0 amide bonds. The maximum absolute atomic E-state index is 13.2. The number of fused-ring (bicyclic) bond motifs is 2. The quantitative estimate of drug-likeness (QED) is 0.126. The molecular weight excluding hydrogens is 650 g/mol. The summed E-state index contributed by atoms with van der Waals surface area (Å²) in [5, 5.41) is 4.44. The Morgan fingerprint density at radius 3 is 2.35 bits per heavy atom. The Morgan fingerprint density at radius 2 is 1.63 bits per heavy atom. The highest BCUT2D eigenvalue weighted by molar-refractivity contribution is 9.10. The lowest BCUT2D eigenvalue weighted by atomic mass is 9.86. The molecule has 9 nitrogen and oxygen atoms in total. The molecule has 0 saturated heterocycles. The number of Topliss-reactive ketones (excluding diaryl/α,β-unsaturated/α-hetero) is 1. The number of ether oxygens (including phenoxy) is 5. The Labute approximate surface area is 279 Å². The fourth-order valence-electron chi connectivity index (χ4n) is 6.57. The summed E-state index contributed by atoms with van der Waals surface area (Å²) in [5.41, 5.74) is 5.66. The van der Waals surface area contributed by atoms with Gasteiger partial charge in [-0.2, -0.15) is 0 Å². The molecule has 2 atom stereocenters. The molecule has 1 aliphatic rings. The number of hydrogen-bond acceptors (Lipinski definition) is 7. The molecule has 2 heterocycles. The second-order valence-corrected chi connectivity index (χ2v) is 12.7. The number of benzene rings is 3. The van der Waals surface area contributed by atoms with Crippen LogP contribution in [0.15, 0.2) is 53.1 Å². The topological polar surface area (TPSA) is 89.4 Å². The predicted octanol–water partition coefficient (Wildman–Crippen LogP) is 5.68. The van der Waals surface area contributed by atoms with Crippen LogP contribution in [0.5, 0.6) is 28.7 Å². The SMILES string of the molecule is COc1ccc2[n-]c(Br)c(CCNCC(=O)CC[N+]3(C)CCc4cc(OC)c(OC)cc4C3Cc3ccc(OC)c(OC)c3)c2c1. The van der Waals surface area contributed by atoms with Gasteiger partial charge in [-0.3, -0.25) is 4.79 Å². The number of likely N-dealkylation sites (N-methyl/N-ethyl adjacent to an activating group) is 1. The number of hydrogen-bond donors (Lipinski definition) is 1. The summed E-state index contributed by atoms with van der Waals surface area (Å²) >= 11 is 3.61. The van der Waals surface area contributed by atoms with Crippen LogP contribution < -0.4 is 34.0 Å². The number of nitrogens with one attached hydrogen (secondary N) is 1. The van der Waals surface area contributed by atoms with E-state index in [2.05, 4.69) is 51.5 Å². The summed E-state index contributed by atoms with van der Waals surface area (Å²) in [4.78, 5) is 17.8. The molecule has 1 N–H and O–H groups in total. The van der Waals surface area contributed by atoms with Crippen LogP contribution in [0.4, 0.5) is 0 Å². The van der Waals surface area contributed by atoms with E-state index in [1.54, 1.807) is 35.5 Å². The lowest BCUT2D eigenvalue weighted by Crippen LogP contribution is -2.53. The van der Waals surface area contributed by atoms with E-state index >= 15 is 0 Å². The minimum atomic E-state index is 0.106. The molecule has 246 valence electrons. The van der Waals surface area contributed by atoms with Crippen molar-refractivity contribution < 1.29 is 33.0 Å². The van der Waals surface area contributed by atoms with Crippen LogP contribution in [-0.2, 0) is 24.1 Å². The lowest BCUT2D eigenvalue weighted by Gasteiger charge is -2.46. The monoisotopic (exact) mass is 693 g/mol. The third-order valence-electron chi connectivity index (χ3n) is 9.30. The number of carbonyl (C=O) groups is 1. The van der Waals surface area contributed by atoms with Gasteiger partial charge in [-0.15, -0.1) is 5.52 Å². The van der Waals surface area contributed by atoms with Crippen LogP contribution in [-0.4, -0.2) is 79.0 Å². The average Bonchev–Trinajstić information content (AvgIpc) is 3.39. The van der Waals surface area contributed by atoms with Crippen molar-refractivity contribution >= 4 is 32.6 Å². The molecule has 2 unspecified atom stereocenters. The Bertz CT molecular complexity index is 1690. The van der Waals surface area contributed by atoms with Gasteiger partial charge in [-0.25, -0.2) is 0 Å². The van der Waals surface area contributed by atoms with Gasteiger partial charge in [0.15, 0.2) is 28.8 Å². The number of aromatic nitrogens is 1. The molecule has 0 saturated carbocycles. The maximum Gasteiger partial charge on any atom is 0.161 e. The van der Waals surface area contributed by atoms with Crippen LogP contribution in [0.3, 0.4) is 0 Å². The standard InChI is InChI=1S/C36H44BrN3O6/c1-40(16-13-25(41)22-38-14-11-27-29-20-26(42-2)8-9-30(29)39-36(27)37)15-12-24-19-34(45-5)35(46-6)21-28(24)31(40)17-23-7-10-32(43-3)33(18-23)44-4/h7-10,18-21,31,38H,11-17,22H2,1-6H3.